The maximum absolute atomic E-state index is 10.7. The van der Waals surface area contributed by atoms with E-state index in [2.05, 4.69) is 16.2 Å². The first-order chi connectivity index (χ1) is 7.17. The molecule has 0 fully saturated rings. The molecule has 2 N–H and O–H groups in total. The summed E-state index contributed by atoms with van der Waals surface area (Å²) in [6.07, 6.45) is 7.47. The zero-order valence-electron chi connectivity index (χ0n) is 8.40. The topological polar surface area (TPSA) is 62.2 Å². The van der Waals surface area contributed by atoms with Crippen LogP contribution >= 0.6 is 0 Å². The molecular weight excluding hydrogens is 192 g/mol. The van der Waals surface area contributed by atoms with Gasteiger partial charge >= 0.3 is 5.97 Å². The van der Waals surface area contributed by atoms with Crippen LogP contribution in [-0.4, -0.2) is 22.1 Å². The van der Waals surface area contributed by atoms with Crippen molar-refractivity contribution in [1.29, 1.82) is 0 Å². The summed E-state index contributed by atoms with van der Waals surface area (Å²) in [5, 5.41) is 11.7. The summed E-state index contributed by atoms with van der Waals surface area (Å²) in [6.45, 7) is 1.94. The molecule has 4 nitrogen and oxygen atoms in total. The molecular formula is C11H12N2O2. The van der Waals surface area contributed by atoms with Gasteiger partial charge in [-0.2, -0.15) is 0 Å². The monoisotopic (exact) mass is 204 g/mol. The first-order valence-corrected chi connectivity index (χ1v) is 4.59. The van der Waals surface area contributed by atoms with Crippen molar-refractivity contribution in [3.8, 4) is 12.3 Å². The Balaban J connectivity index is 2.83. The molecule has 4 heteroatoms. The molecule has 1 aromatic heterocycles. The van der Waals surface area contributed by atoms with Gasteiger partial charge in [0.15, 0.2) is 0 Å². The van der Waals surface area contributed by atoms with Crippen molar-refractivity contribution in [2.45, 2.75) is 19.4 Å². The lowest BCUT2D eigenvalue weighted by Crippen LogP contribution is -2.16. The number of terminal acetylenes is 1. The van der Waals surface area contributed by atoms with Crippen LogP contribution in [0.15, 0.2) is 18.3 Å². The highest BCUT2D eigenvalue weighted by Gasteiger charge is 2.06. The van der Waals surface area contributed by atoms with E-state index in [0.29, 0.717) is 5.82 Å². The number of carboxylic acid groups (broad SMARTS) is 1. The van der Waals surface area contributed by atoms with Crippen molar-refractivity contribution in [3.05, 3.63) is 23.9 Å². The molecule has 1 aromatic rings. The van der Waals surface area contributed by atoms with Gasteiger partial charge in [0.05, 0.1) is 11.6 Å². The molecule has 0 aliphatic rings. The van der Waals surface area contributed by atoms with E-state index in [-0.39, 0.29) is 11.6 Å². The van der Waals surface area contributed by atoms with Crippen LogP contribution in [0.2, 0.25) is 0 Å². The van der Waals surface area contributed by atoms with E-state index in [4.69, 9.17) is 11.5 Å². The third-order valence-corrected chi connectivity index (χ3v) is 1.94. The third kappa shape index (κ3) is 2.99. The van der Waals surface area contributed by atoms with Crippen LogP contribution in [0.4, 0.5) is 5.82 Å². The Morgan fingerprint density at radius 1 is 1.80 bits per heavy atom. The number of anilines is 1. The van der Waals surface area contributed by atoms with E-state index in [1.807, 2.05) is 6.92 Å². The van der Waals surface area contributed by atoms with Crippen LogP contribution in [0.25, 0.3) is 0 Å². The highest BCUT2D eigenvalue weighted by atomic mass is 16.4. The molecule has 0 aliphatic heterocycles. The second-order valence-corrected chi connectivity index (χ2v) is 3.01. The normalized spacial score (nSPS) is 11.5. The Morgan fingerprint density at radius 3 is 3.07 bits per heavy atom. The largest absolute Gasteiger partial charge is 0.478 e. The number of aromatic nitrogens is 1. The molecule has 0 saturated carbocycles. The van der Waals surface area contributed by atoms with Crippen molar-refractivity contribution in [2.75, 3.05) is 5.32 Å². The number of aromatic carboxylic acids is 1. The average Bonchev–Trinajstić information content (AvgIpc) is 2.26. The SMILES string of the molecule is C#CC(CC)Nc1cc(C(=O)O)ccn1. The van der Waals surface area contributed by atoms with Crippen molar-refractivity contribution >= 4 is 11.8 Å². The minimum absolute atomic E-state index is 0.124. The molecule has 78 valence electrons. The summed E-state index contributed by atoms with van der Waals surface area (Å²) in [5.74, 6) is 2.06. The van der Waals surface area contributed by atoms with Crippen LogP contribution in [0.3, 0.4) is 0 Å². The van der Waals surface area contributed by atoms with E-state index in [1.165, 1.54) is 18.3 Å². The number of hydrogen-bond acceptors (Lipinski definition) is 3. The molecule has 0 aromatic carbocycles. The van der Waals surface area contributed by atoms with Crippen LogP contribution in [-0.2, 0) is 0 Å². The minimum Gasteiger partial charge on any atom is -0.478 e. The number of nitrogens with zero attached hydrogens (tertiary/aromatic N) is 1. The average molecular weight is 204 g/mol. The first kappa shape index (κ1) is 11.1. The van der Waals surface area contributed by atoms with E-state index in [1.54, 1.807) is 0 Å². The first-order valence-electron chi connectivity index (χ1n) is 4.59. The number of nitrogens with one attached hydrogen (secondary N) is 1. The number of pyridine rings is 1. The lowest BCUT2D eigenvalue weighted by Gasteiger charge is -2.11. The van der Waals surface area contributed by atoms with Gasteiger partial charge < -0.3 is 10.4 Å². The molecule has 15 heavy (non-hydrogen) atoms. The van der Waals surface area contributed by atoms with E-state index >= 15 is 0 Å². The fraction of sp³-hybridized carbons (Fsp3) is 0.273. The van der Waals surface area contributed by atoms with Gasteiger partial charge in [0.25, 0.3) is 0 Å². The van der Waals surface area contributed by atoms with Gasteiger partial charge in [-0.1, -0.05) is 12.8 Å². The second-order valence-electron chi connectivity index (χ2n) is 3.01. The van der Waals surface area contributed by atoms with Gasteiger partial charge in [0, 0.05) is 6.20 Å². The summed E-state index contributed by atoms with van der Waals surface area (Å²) in [5.41, 5.74) is 0.194. The molecule has 1 heterocycles. The number of hydrogen-bond donors (Lipinski definition) is 2. The zero-order chi connectivity index (χ0) is 11.3. The number of rotatable bonds is 4. The summed E-state index contributed by atoms with van der Waals surface area (Å²) < 4.78 is 0. The predicted octanol–water partition coefficient (Wildman–Crippen LogP) is 1.60. The van der Waals surface area contributed by atoms with Gasteiger partial charge in [-0.3, -0.25) is 0 Å². The standard InChI is InChI=1S/C11H12N2O2/c1-3-9(4-2)13-10-7-8(11(14)15)5-6-12-10/h1,5-7,9H,4H2,2H3,(H,12,13)(H,14,15). The van der Waals surface area contributed by atoms with Crippen molar-refractivity contribution in [2.24, 2.45) is 0 Å². The Kier molecular flexibility index (Phi) is 3.69. The number of carbonyl (C=O) groups is 1. The quantitative estimate of drug-likeness (QED) is 0.731. The Hall–Kier alpha value is -2.02. The smallest absolute Gasteiger partial charge is 0.335 e. The molecule has 1 atom stereocenters. The maximum Gasteiger partial charge on any atom is 0.335 e. The van der Waals surface area contributed by atoms with Crippen LogP contribution in [0.1, 0.15) is 23.7 Å². The highest BCUT2D eigenvalue weighted by molar-refractivity contribution is 5.88. The van der Waals surface area contributed by atoms with Crippen LogP contribution in [0, 0.1) is 12.3 Å². The number of carboxylic acids is 1. The fourth-order valence-electron chi connectivity index (χ4n) is 1.08. The van der Waals surface area contributed by atoms with E-state index in [0.717, 1.165) is 6.42 Å². The Morgan fingerprint density at radius 2 is 2.53 bits per heavy atom. The summed E-state index contributed by atoms with van der Waals surface area (Å²) in [4.78, 5) is 14.7. The predicted molar refractivity (Wildman–Crippen MR) is 57.7 cm³/mol. The molecule has 0 bridgehead atoms. The van der Waals surface area contributed by atoms with Crippen LogP contribution in [0.5, 0.6) is 0 Å². The molecule has 0 aliphatic carbocycles. The highest BCUT2D eigenvalue weighted by Crippen LogP contribution is 2.08. The van der Waals surface area contributed by atoms with Crippen molar-refractivity contribution in [3.63, 3.8) is 0 Å². The van der Waals surface area contributed by atoms with Gasteiger partial charge in [-0.25, -0.2) is 9.78 Å². The summed E-state index contributed by atoms with van der Waals surface area (Å²) in [6, 6.07) is 2.77. The van der Waals surface area contributed by atoms with Gasteiger partial charge in [0.2, 0.25) is 0 Å². The Labute approximate surface area is 88.3 Å². The van der Waals surface area contributed by atoms with Gasteiger partial charge in [-0.05, 0) is 18.6 Å². The second kappa shape index (κ2) is 5.01. The van der Waals surface area contributed by atoms with Crippen molar-refractivity contribution < 1.29 is 9.90 Å². The summed E-state index contributed by atoms with van der Waals surface area (Å²) >= 11 is 0. The lowest BCUT2D eigenvalue weighted by atomic mass is 10.2. The van der Waals surface area contributed by atoms with Crippen LogP contribution < -0.4 is 5.32 Å². The molecule has 0 amide bonds. The third-order valence-electron chi connectivity index (χ3n) is 1.94. The fourth-order valence-corrected chi connectivity index (χ4v) is 1.08. The van der Waals surface area contributed by atoms with E-state index in [9.17, 15) is 4.79 Å². The summed E-state index contributed by atoms with van der Waals surface area (Å²) in [7, 11) is 0. The Bertz CT molecular complexity index is 396. The molecule has 0 spiro atoms. The van der Waals surface area contributed by atoms with Gasteiger partial charge in [-0.15, -0.1) is 6.42 Å². The molecule has 1 unspecified atom stereocenters. The van der Waals surface area contributed by atoms with Crippen molar-refractivity contribution in [1.82, 2.24) is 4.98 Å². The minimum atomic E-state index is -0.978. The van der Waals surface area contributed by atoms with Gasteiger partial charge in [0.1, 0.15) is 5.82 Å². The zero-order valence-corrected chi connectivity index (χ0v) is 8.40. The maximum atomic E-state index is 10.7. The molecule has 0 radical (unpaired) electrons. The lowest BCUT2D eigenvalue weighted by molar-refractivity contribution is 0.0697. The molecule has 0 saturated heterocycles. The van der Waals surface area contributed by atoms with E-state index < -0.39 is 5.97 Å². The molecule has 1 rings (SSSR count).